The van der Waals surface area contributed by atoms with Crippen molar-refractivity contribution in [3.05, 3.63) is 98.9 Å². The normalized spacial score (nSPS) is 18.3. The van der Waals surface area contributed by atoms with Gasteiger partial charge in [-0.1, -0.05) is 53.7 Å². The van der Waals surface area contributed by atoms with Crippen LogP contribution in [0.1, 0.15) is 29.8 Å². The summed E-state index contributed by atoms with van der Waals surface area (Å²) >= 11 is 9.27. The standard InChI is InChI=1S/C28H24ClN3O2S2/c1-3-31-23-17-21(29)11-14-24(23)35-27(31)25-26(34)32(16-15-19-7-5-4-6-8-19)28(36-25)30-22-12-9-20(10-13-22)18(2)33/h4-14,17H,3,15-16H2,1-2H3. The minimum Gasteiger partial charge on any atom is -0.334 e. The number of anilines is 1. The maximum atomic E-state index is 13.8. The Bertz CT molecular complexity index is 1390. The van der Waals surface area contributed by atoms with E-state index in [4.69, 9.17) is 16.6 Å². The van der Waals surface area contributed by atoms with Crippen molar-refractivity contribution in [1.29, 1.82) is 0 Å². The molecule has 0 N–H and O–H groups in total. The molecule has 0 atom stereocenters. The van der Waals surface area contributed by atoms with Gasteiger partial charge in [0, 0.05) is 28.6 Å². The number of aliphatic imine (C=N–C) groups is 1. The lowest BCUT2D eigenvalue weighted by Crippen LogP contribution is -2.32. The summed E-state index contributed by atoms with van der Waals surface area (Å²) in [5.74, 6) is -0.0383. The van der Waals surface area contributed by atoms with Crippen LogP contribution in [0.4, 0.5) is 11.4 Å². The van der Waals surface area contributed by atoms with Crippen molar-refractivity contribution < 1.29 is 9.59 Å². The van der Waals surface area contributed by atoms with E-state index in [-0.39, 0.29) is 11.7 Å². The molecule has 8 heteroatoms. The number of carbonyl (C=O) groups is 2. The summed E-state index contributed by atoms with van der Waals surface area (Å²) in [5.41, 5.74) is 3.52. The van der Waals surface area contributed by atoms with Crippen molar-refractivity contribution in [2.45, 2.75) is 25.2 Å². The van der Waals surface area contributed by atoms with Crippen molar-refractivity contribution >= 4 is 63.4 Å². The highest BCUT2D eigenvalue weighted by atomic mass is 35.5. The number of Topliss-reactive ketones (excluding diaryl/α,β-unsaturated/α-hetero) is 1. The molecule has 2 aliphatic heterocycles. The number of ketones is 1. The number of thioether (sulfide) groups is 2. The van der Waals surface area contributed by atoms with E-state index in [1.807, 2.05) is 48.5 Å². The van der Waals surface area contributed by atoms with Crippen molar-refractivity contribution in [3.63, 3.8) is 0 Å². The fourth-order valence-corrected chi connectivity index (χ4v) is 6.69. The molecule has 3 aromatic carbocycles. The zero-order valence-electron chi connectivity index (χ0n) is 19.9. The second-order valence-corrected chi connectivity index (χ2v) is 10.8. The van der Waals surface area contributed by atoms with Gasteiger partial charge in [-0.3, -0.25) is 14.5 Å². The molecule has 0 spiro atoms. The number of nitrogens with zero attached hydrogens (tertiary/aromatic N) is 3. The van der Waals surface area contributed by atoms with Gasteiger partial charge in [0.1, 0.15) is 9.93 Å². The molecule has 5 rings (SSSR count). The summed E-state index contributed by atoms with van der Waals surface area (Å²) < 4.78 is 0. The SMILES string of the molecule is CCN1C(=C2SC(=Nc3ccc(C(C)=O)cc3)N(CCc3ccccc3)C2=O)Sc2ccc(Cl)cc21. The van der Waals surface area contributed by atoms with Crippen LogP contribution in [-0.2, 0) is 11.2 Å². The van der Waals surface area contributed by atoms with Crippen LogP contribution in [0.2, 0.25) is 5.02 Å². The van der Waals surface area contributed by atoms with Crippen LogP contribution >= 0.6 is 35.1 Å². The Morgan fingerprint density at radius 1 is 0.972 bits per heavy atom. The third kappa shape index (κ3) is 4.96. The van der Waals surface area contributed by atoms with Crippen molar-refractivity contribution in [2.75, 3.05) is 18.0 Å². The third-order valence-electron chi connectivity index (χ3n) is 6.00. The lowest BCUT2D eigenvalue weighted by Gasteiger charge is -2.19. The zero-order valence-corrected chi connectivity index (χ0v) is 22.3. The van der Waals surface area contributed by atoms with Gasteiger partial charge in [0.05, 0.1) is 11.4 Å². The molecule has 0 radical (unpaired) electrons. The Kier molecular flexibility index (Phi) is 7.23. The number of hydrogen-bond acceptors (Lipinski definition) is 6. The summed E-state index contributed by atoms with van der Waals surface area (Å²) in [6.45, 7) is 4.85. The number of halogens is 1. The second kappa shape index (κ2) is 10.5. The fraction of sp³-hybridized carbons (Fsp3) is 0.179. The first-order chi connectivity index (χ1) is 17.4. The Labute approximate surface area is 224 Å². The van der Waals surface area contributed by atoms with Crippen LogP contribution in [0.15, 0.2) is 92.6 Å². The number of rotatable bonds is 6. The highest BCUT2D eigenvalue weighted by Crippen LogP contribution is 2.51. The topological polar surface area (TPSA) is 53.0 Å². The molecule has 0 bridgehead atoms. The maximum Gasteiger partial charge on any atom is 0.269 e. The molecule has 2 aliphatic rings. The molecular formula is C28H24ClN3O2S2. The monoisotopic (exact) mass is 533 g/mol. The molecule has 0 aromatic heterocycles. The summed E-state index contributed by atoms with van der Waals surface area (Å²) in [6.07, 6.45) is 0.721. The van der Waals surface area contributed by atoms with Gasteiger partial charge in [0.15, 0.2) is 11.0 Å². The Balaban J connectivity index is 1.51. The van der Waals surface area contributed by atoms with Gasteiger partial charge in [0.2, 0.25) is 0 Å². The Morgan fingerprint density at radius 3 is 2.42 bits per heavy atom. The molecular weight excluding hydrogens is 510 g/mol. The van der Waals surface area contributed by atoms with E-state index in [9.17, 15) is 9.59 Å². The highest BCUT2D eigenvalue weighted by molar-refractivity contribution is 8.19. The van der Waals surface area contributed by atoms with Crippen LogP contribution < -0.4 is 4.90 Å². The van der Waals surface area contributed by atoms with E-state index in [1.165, 1.54) is 11.8 Å². The quantitative estimate of drug-likeness (QED) is 0.249. The summed E-state index contributed by atoms with van der Waals surface area (Å²) in [7, 11) is 0. The average molecular weight is 534 g/mol. The van der Waals surface area contributed by atoms with Gasteiger partial charge in [-0.05, 0) is 80.1 Å². The predicted octanol–water partition coefficient (Wildman–Crippen LogP) is 7.15. The Hall–Kier alpha value is -3.00. The van der Waals surface area contributed by atoms with Gasteiger partial charge < -0.3 is 4.90 Å². The van der Waals surface area contributed by atoms with Gasteiger partial charge in [0.25, 0.3) is 5.91 Å². The van der Waals surface area contributed by atoms with Crippen molar-refractivity contribution in [2.24, 2.45) is 4.99 Å². The first-order valence-corrected chi connectivity index (χ1v) is 13.7. The summed E-state index contributed by atoms with van der Waals surface area (Å²) in [5, 5.41) is 2.22. The average Bonchev–Trinajstić information content (AvgIpc) is 3.39. The van der Waals surface area contributed by atoms with Crippen LogP contribution in [0, 0.1) is 0 Å². The van der Waals surface area contributed by atoms with Crippen LogP contribution in [0.3, 0.4) is 0 Å². The molecule has 36 heavy (non-hydrogen) atoms. The van der Waals surface area contributed by atoms with E-state index in [2.05, 4.69) is 24.0 Å². The highest BCUT2D eigenvalue weighted by Gasteiger charge is 2.39. The number of fused-ring (bicyclic) bond motifs is 1. The molecule has 1 saturated heterocycles. The van der Waals surface area contributed by atoms with Crippen molar-refractivity contribution in [3.8, 4) is 0 Å². The summed E-state index contributed by atoms with van der Waals surface area (Å²) in [6, 6.07) is 23.1. The van der Waals surface area contributed by atoms with Crippen LogP contribution in [-0.4, -0.2) is 34.8 Å². The van der Waals surface area contributed by atoms with E-state index in [0.29, 0.717) is 32.9 Å². The number of amides is 1. The lowest BCUT2D eigenvalue weighted by atomic mass is 10.1. The van der Waals surface area contributed by atoms with E-state index in [0.717, 1.165) is 34.1 Å². The minimum atomic E-state index is -0.0464. The number of amidine groups is 1. The first-order valence-electron chi connectivity index (χ1n) is 11.7. The summed E-state index contributed by atoms with van der Waals surface area (Å²) in [4.78, 5) is 35.9. The predicted molar refractivity (Wildman–Crippen MR) is 150 cm³/mol. The largest absolute Gasteiger partial charge is 0.334 e. The number of benzene rings is 3. The van der Waals surface area contributed by atoms with E-state index >= 15 is 0 Å². The Morgan fingerprint density at radius 2 is 1.72 bits per heavy atom. The van der Waals surface area contributed by atoms with Gasteiger partial charge in [-0.25, -0.2) is 4.99 Å². The molecule has 2 heterocycles. The lowest BCUT2D eigenvalue weighted by molar-refractivity contribution is -0.122. The van der Waals surface area contributed by atoms with Gasteiger partial charge >= 0.3 is 0 Å². The molecule has 0 saturated carbocycles. The van der Waals surface area contributed by atoms with Gasteiger partial charge in [-0.2, -0.15) is 0 Å². The third-order valence-corrected chi connectivity index (χ3v) is 8.62. The van der Waals surface area contributed by atoms with Gasteiger partial charge in [-0.15, -0.1) is 0 Å². The second-order valence-electron chi connectivity index (χ2n) is 8.38. The molecule has 3 aromatic rings. The fourth-order valence-electron chi connectivity index (χ4n) is 4.12. The molecule has 1 fully saturated rings. The molecule has 5 nitrogen and oxygen atoms in total. The maximum absolute atomic E-state index is 13.8. The molecule has 1 amide bonds. The zero-order chi connectivity index (χ0) is 25.2. The van der Waals surface area contributed by atoms with Crippen LogP contribution in [0.25, 0.3) is 0 Å². The molecule has 0 aliphatic carbocycles. The first kappa shape index (κ1) is 24.7. The minimum absolute atomic E-state index is 0.00807. The molecule has 0 unspecified atom stereocenters. The number of hydrogen-bond donors (Lipinski definition) is 0. The van der Waals surface area contributed by atoms with Crippen molar-refractivity contribution in [1.82, 2.24) is 4.90 Å². The van der Waals surface area contributed by atoms with Crippen LogP contribution in [0.5, 0.6) is 0 Å². The number of carbonyl (C=O) groups excluding carboxylic acids is 2. The molecule has 182 valence electrons. The smallest absolute Gasteiger partial charge is 0.269 e. The van der Waals surface area contributed by atoms with E-state index < -0.39 is 0 Å². The van der Waals surface area contributed by atoms with E-state index in [1.54, 1.807) is 35.7 Å².